The summed E-state index contributed by atoms with van der Waals surface area (Å²) in [6.45, 7) is 13.0. The van der Waals surface area contributed by atoms with E-state index in [1.165, 1.54) is 0 Å². The Morgan fingerprint density at radius 3 is 0.794 bits per heavy atom. The SMILES string of the molecule is CC(C)OC(=O)C1OB(B2O[C@H](C(=O)OC(C)C)[C@@H](C(=O)OC(C)C)O2)O[C@@H]1C(=O)OC(C)C. The third kappa shape index (κ3) is 7.42. The van der Waals surface area contributed by atoms with Crippen molar-refractivity contribution in [1.82, 2.24) is 0 Å². The number of ether oxygens (including phenoxy) is 4. The van der Waals surface area contributed by atoms with Crippen molar-refractivity contribution in [3.05, 3.63) is 0 Å². The van der Waals surface area contributed by atoms with E-state index in [0.717, 1.165) is 0 Å². The molecule has 0 radical (unpaired) electrons. The minimum atomic E-state index is -1.48. The molecule has 2 heterocycles. The van der Waals surface area contributed by atoms with Gasteiger partial charge in [0.25, 0.3) is 0 Å². The van der Waals surface area contributed by atoms with E-state index in [4.69, 9.17) is 37.6 Å². The van der Waals surface area contributed by atoms with Gasteiger partial charge in [0.05, 0.1) is 24.4 Å². The molecule has 4 atom stereocenters. The third-order valence-electron chi connectivity index (χ3n) is 4.23. The van der Waals surface area contributed by atoms with Crippen molar-refractivity contribution in [2.75, 3.05) is 0 Å². The van der Waals surface area contributed by atoms with Gasteiger partial charge in [-0.1, -0.05) is 0 Å². The van der Waals surface area contributed by atoms with Crippen LogP contribution < -0.4 is 0 Å². The van der Waals surface area contributed by atoms with Gasteiger partial charge in [0.1, 0.15) is 0 Å². The molecule has 0 amide bonds. The number of carbonyl (C=O) groups excluding carboxylic acids is 4. The van der Waals surface area contributed by atoms with Gasteiger partial charge in [-0.05, 0) is 55.4 Å². The van der Waals surface area contributed by atoms with Crippen LogP contribution in [-0.4, -0.2) is 86.7 Å². The Hall–Kier alpha value is -2.15. The van der Waals surface area contributed by atoms with Gasteiger partial charge in [-0.3, -0.25) is 0 Å². The monoisotopic (exact) mass is 486 g/mol. The Balaban J connectivity index is 2.24. The normalized spacial score (nSPS) is 24.8. The Labute approximate surface area is 199 Å². The number of carbonyl (C=O) groups is 4. The number of hydrogen-bond donors (Lipinski definition) is 0. The Kier molecular flexibility index (Phi) is 9.92. The van der Waals surface area contributed by atoms with Crippen LogP contribution in [0.4, 0.5) is 0 Å². The van der Waals surface area contributed by atoms with Crippen molar-refractivity contribution in [2.45, 2.75) is 104 Å². The quantitative estimate of drug-likeness (QED) is 0.253. The van der Waals surface area contributed by atoms with Crippen molar-refractivity contribution >= 4 is 37.9 Å². The minimum Gasteiger partial charge on any atom is -0.461 e. The van der Waals surface area contributed by atoms with E-state index in [9.17, 15) is 19.2 Å². The largest absolute Gasteiger partial charge is 0.489 e. The summed E-state index contributed by atoms with van der Waals surface area (Å²) in [6, 6.07) is 0. The lowest BCUT2D eigenvalue weighted by Gasteiger charge is -2.18. The Morgan fingerprint density at radius 1 is 0.471 bits per heavy atom. The van der Waals surface area contributed by atoms with E-state index in [2.05, 4.69) is 0 Å². The van der Waals surface area contributed by atoms with Crippen LogP contribution in [0.3, 0.4) is 0 Å². The average molecular weight is 486 g/mol. The van der Waals surface area contributed by atoms with Crippen LogP contribution in [0.1, 0.15) is 55.4 Å². The molecule has 0 aromatic carbocycles. The van der Waals surface area contributed by atoms with Crippen molar-refractivity contribution in [2.24, 2.45) is 0 Å². The smallest absolute Gasteiger partial charge is 0.461 e. The first-order valence-electron chi connectivity index (χ1n) is 11.2. The number of hydrogen-bond acceptors (Lipinski definition) is 12. The Morgan fingerprint density at radius 2 is 0.647 bits per heavy atom. The van der Waals surface area contributed by atoms with Crippen molar-refractivity contribution in [3.63, 3.8) is 0 Å². The van der Waals surface area contributed by atoms with Crippen LogP contribution in [0, 0.1) is 0 Å². The molecule has 0 bridgehead atoms. The molecular formula is C20H32B2O12. The molecule has 0 N–H and O–H groups in total. The van der Waals surface area contributed by atoms with E-state index in [-0.39, 0.29) is 0 Å². The molecule has 2 aliphatic heterocycles. The van der Waals surface area contributed by atoms with Gasteiger partial charge in [0.15, 0.2) is 24.4 Å². The van der Waals surface area contributed by atoms with E-state index in [1.807, 2.05) is 0 Å². The average Bonchev–Trinajstić information content (AvgIpc) is 3.31. The minimum absolute atomic E-state index is 0.485. The summed E-state index contributed by atoms with van der Waals surface area (Å²) in [5.74, 6) is -3.42. The molecule has 0 aliphatic carbocycles. The highest BCUT2D eigenvalue weighted by molar-refractivity contribution is 7.11. The molecule has 14 heteroatoms. The molecule has 2 fully saturated rings. The summed E-state index contributed by atoms with van der Waals surface area (Å²) >= 11 is 0. The molecule has 0 saturated carbocycles. The summed E-state index contributed by atoms with van der Waals surface area (Å²) in [5.41, 5.74) is 0. The van der Waals surface area contributed by atoms with E-state index in [1.54, 1.807) is 55.4 Å². The number of esters is 4. The van der Waals surface area contributed by atoms with Gasteiger partial charge in [-0.2, -0.15) is 0 Å². The van der Waals surface area contributed by atoms with Crippen LogP contribution >= 0.6 is 0 Å². The van der Waals surface area contributed by atoms with Crippen molar-refractivity contribution < 1.29 is 56.7 Å². The summed E-state index contributed by atoms with van der Waals surface area (Å²) in [7, 11) is -2.92. The highest BCUT2D eigenvalue weighted by Crippen LogP contribution is 2.28. The molecule has 2 rings (SSSR count). The summed E-state index contributed by atoms with van der Waals surface area (Å²) in [6.07, 6.45) is -7.85. The summed E-state index contributed by atoms with van der Waals surface area (Å²) in [4.78, 5) is 50.2. The second-order valence-corrected chi connectivity index (χ2v) is 8.91. The fourth-order valence-corrected chi connectivity index (χ4v) is 3.10. The molecule has 12 nitrogen and oxygen atoms in total. The second kappa shape index (κ2) is 12.0. The van der Waals surface area contributed by atoms with Gasteiger partial charge in [-0.15, -0.1) is 0 Å². The zero-order valence-electron chi connectivity index (χ0n) is 20.7. The molecule has 34 heavy (non-hydrogen) atoms. The van der Waals surface area contributed by atoms with Crippen LogP contribution in [-0.2, 0) is 56.7 Å². The third-order valence-corrected chi connectivity index (χ3v) is 4.23. The van der Waals surface area contributed by atoms with Crippen LogP contribution in [0.2, 0.25) is 0 Å². The maximum atomic E-state index is 12.5. The molecule has 2 saturated heterocycles. The summed E-state index contributed by atoms with van der Waals surface area (Å²) in [5, 5.41) is 0. The van der Waals surface area contributed by atoms with E-state index < -0.39 is 86.7 Å². The fraction of sp³-hybridized carbons (Fsp3) is 0.800. The molecule has 2 aliphatic rings. The highest BCUT2D eigenvalue weighted by Gasteiger charge is 2.62. The van der Waals surface area contributed by atoms with Crippen LogP contribution in [0.5, 0.6) is 0 Å². The van der Waals surface area contributed by atoms with E-state index >= 15 is 0 Å². The summed E-state index contributed by atoms with van der Waals surface area (Å²) < 4.78 is 43.0. The van der Waals surface area contributed by atoms with Gasteiger partial charge >= 0.3 is 37.9 Å². The molecule has 1 unspecified atom stereocenters. The maximum absolute atomic E-state index is 12.5. The molecular weight excluding hydrogens is 454 g/mol. The molecule has 190 valence electrons. The second-order valence-electron chi connectivity index (χ2n) is 8.91. The molecule has 0 aromatic rings. The lowest BCUT2D eigenvalue weighted by molar-refractivity contribution is -0.167. The lowest BCUT2D eigenvalue weighted by Crippen LogP contribution is -2.41. The zero-order chi connectivity index (χ0) is 25.7. The van der Waals surface area contributed by atoms with Gasteiger partial charge < -0.3 is 37.6 Å². The topological polar surface area (TPSA) is 142 Å². The van der Waals surface area contributed by atoms with Gasteiger partial charge in [-0.25, -0.2) is 19.2 Å². The first-order chi connectivity index (χ1) is 15.8. The van der Waals surface area contributed by atoms with Crippen molar-refractivity contribution in [3.8, 4) is 0 Å². The van der Waals surface area contributed by atoms with Crippen molar-refractivity contribution in [1.29, 1.82) is 0 Å². The first kappa shape index (κ1) is 28.1. The maximum Gasteiger partial charge on any atom is 0.489 e. The highest BCUT2D eigenvalue weighted by atomic mass is 16.7. The Bertz CT molecular complexity index is 634. The predicted octanol–water partition coefficient (Wildman–Crippen LogP) is 0.416. The van der Waals surface area contributed by atoms with Gasteiger partial charge in [0.2, 0.25) is 0 Å². The molecule has 0 aromatic heterocycles. The number of rotatable bonds is 9. The lowest BCUT2D eigenvalue weighted by atomic mass is 9.49. The first-order valence-corrected chi connectivity index (χ1v) is 11.2. The molecule has 0 spiro atoms. The fourth-order valence-electron chi connectivity index (χ4n) is 3.10. The van der Waals surface area contributed by atoms with Crippen LogP contribution in [0.15, 0.2) is 0 Å². The van der Waals surface area contributed by atoms with Gasteiger partial charge in [0, 0.05) is 0 Å². The van der Waals surface area contributed by atoms with Crippen LogP contribution in [0.25, 0.3) is 0 Å². The predicted molar refractivity (Wildman–Crippen MR) is 116 cm³/mol. The standard InChI is InChI=1S/C20H32B2O12/c1-9(2)27-17(23)13-14(18(24)28-10(3)4)32-21(31-13)22-33-15(19(25)29-11(5)6)16(34-22)20(26)30-12(7)8/h9-16H,1-8H3/t13-,14-,15-,16?/m0/s1. The van der Waals surface area contributed by atoms with E-state index in [0.29, 0.717) is 0 Å². The zero-order valence-corrected chi connectivity index (χ0v) is 20.7.